The maximum absolute atomic E-state index is 12.7. The summed E-state index contributed by atoms with van der Waals surface area (Å²) in [5, 5.41) is 14.1. The van der Waals surface area contributed by atoms with Gasteiger partial charge in [0.15, 0.2) is 11.5 Å². The Morgan fingerprint density at radius 1 is 1.29 bits per heavy atom. The van der Waals surface area contributed by atoms with Crippen LogP contribution < -0.4 is 19.7 Å². The highest BCUT2D eigenvalue weighted by Crippen LogP contribution is 2.35. The maximum Gasteiger partial charge on any atom is 0.286 e. The number of aromatic nitrogens is 1. The first-order chi connectivity index (χ1) is 13.5. The standard InChI is InChI=1S/C19H22N4O5/c1-3-28-17-11-15(23(25)26)14(10-16(17)27-2)19(24)21-13-6-7-18(20-12-13)22-8-4-5-9-22/h6-7,10-12H,3-5,8-9H2,1-2H3,(H,21,24). The predicted molar refractivity (Wildman–Crippen MR) is 104 cm³/mol. The SMILES string of the molecule is CCOc1cc([N+](=O)[O-])c(C(=O)Nc2ccc(N3CCCC3)nc2)cc1OC. The van der Waals surface area contributed by atoms with Crippen LogP contribution in [0.2, 0.25) is 0 Å². The summed E-state index contributed by atoms with van der Waals surface area (Å²) in [6.07, 6.45) is 3.83. The fourth-order valence-electron chi connectivity index (χ4n) is 3.10. The molecule has 1 aromatic heterocycles. The molecule has 1 fully saturated rings. The number of rotatable bonds is 7. The van der Waals surface area contributed by atoms with Crippen LogP contribution in [0, 0.1) is 10.1 Å². The second-order valence-corrected chi connectivity index (χ2v) is 6.26. The van der Waals surface area contributed by atoms with Crippen LogP contribution in [-0.2, 0) is 0 Å². The average Bonchev–Trinajstić information content (AvgIpc) is 3.23. The number of hydrogen-bond donors (Lipinski definition) is 1. The Labute approximate surface area is 162 Å². The van der Waals surface area contributed by atoms with Crippen LogP contribution in [0.5, 0.6) is 11.5 Å². The molecule has 0 unspecified atom stereocenters. The average molecular weight is 386 g/mol. The Kier molecular flexibility index (Phi) is 5.93. The molecule has 3 rings (SSSR count). The Bertz CT molecular complexity index is 863. The van der Waals surface area contributed by atoms with Gasteiger partial charge in [-0.05, 0) is 31.9 Å². The number of nitro groups is 1. The molecular formula is C19H22N4O5. The molecule has 0 bridgehead atoms. The lowest BCUT2D eigenvalue weighted by atomic mass is 10.1. The van der Waals surface area contributed by atoms with Crippen molar-refractivity contribution in [1.82, 2.24) is 4.98 Å². The number of nitro benzene ring substituents is 1. The summed E-state index contributed by atoms with van der Waals surface area (Å²) in [6, 6.07) is 6.07. The number of ether oxygens (including phenoxy) is 2. The number of nitrogens with zero attached hydrogens (tertiary/aromatic N) is 3. The van der Waals surface area contributed by atoms with E-state index in [1.54, 1.807) is 19.2 Å². The minimum atomic E-state index is -0.622. The zero-order chi connectivity index (χ0) is 20.1. The van der Waals surface area contributed by atoms with Crippen molar-refractivity contribution >= 4 is 23.1 Å². The van der Waals surface area contributed by atoms with Crippen molar-refractivity contribution in [1.29, 1.82) is 0 Å². The summed E-state index contributed by atoms with van der Waals surface area (Å²) in [7, 11) is 1.41. The van der Waals surface area contributed by atoms with Crippen molar-refractivity contribution in [3.05, 3.63) is 46.1 Å². The van der Waals surface area contributed by atoms with Gasteiger partial charge in [-0.1, -0.05) is 0 Å². The van der Waals surface area contributed by atoms with Gasteiger partial charge in [0.05, 0.1) is 36.6 Å². The number of hydrogen-bond acceptors (Lipinski definition) is 7. The number of carbonyl (C=O) groups excluding carboxylic acids is 1. The van der Waals surface area contributed by atoms with E-state index in [-0.39, 0.29) is 22.7 Å². The minimum Gasteiger partial charge on any atom is -0.493 e. The molecule has 1 aromatic carbocycles. The van der Waals surface area contributed by atoms with E-state index < -0.39 is 10.8 Å². The van der Waals surface area contributed by atoms with Crippen molar-refractivity contribution in [2.75, 3.05) is 37.0 Å². The van der Waals surface area contributed by atoms with Gasteiger partial charge in [-0.2, -0.15) is 0 Å². The van der Waals surface area contributed by atoms with Gasteiger partial charge in [-0.25, -0.2) is 4.98 Å². The molecule has 1 aliphatic rings. The topological polar surface area (TPSA) is 107 Å². The molecule has 0 saturated carbocycles. The van der Waals surface area contributed by atoms with Crippen molar-refractivity contribution in [3.8, 4) is 11.5 Å². The van der Waals surface area contributed by atoms with E-state index in [0.29, 0.717) is 12.3 Å². The summed E-state index contributed by atoms with van der Waals surface area (Å²) in [5.41, 5.74) is -0.0209. The van der Waals surface area contributed by atoms with Crippen LogP contribution in [-0.4, -0.2) is 42.6 Å². The molecule has 2 heterocycles. The molecule has 1 aliphatic heterocycles. The Morgan fingerprint density at radius 3 is 2.61 bits per heavy atom. The van der Waals surface area contributed by atoms with Crippen LogP contribution in [0.3, 0.4) is 0 Å². The van der Waals surface area contributed by atoms with Crippen molar-refractivity contribution in [2.45, 2.75) is 19.8 Å². The zero-order valence-electron chi connectivity index (χ0n) is 15.8. The second kappa shape index (κ2) is 8.55. The van der Waals surface area contributed by atoms with Crippen LogP contribution >= 0.6 is 0 Å². The summed E-state index contributed by atoms with van der Waals surface area (Å²) in [4.78, 5) is 30.0. The smallest absolute Gasteiger partial charge is 0.286 e. The van der Waals surface area contributed by atoms with Crippen molar-refractivity contribution in [2.24, 2.45) is 0 Å². The number of methoxy groups -OCH3 is 1. The molecule has 0 spiro atoms. The van der Waals surface area contributed by atoms with E-state index in [4.69, 9.17) is 9.47 Å². The van der Waals surface area contributed by atoms with E-state index in [0.717, 1.165) is 31.7 Å². The van der Waals surface area contributed by atoms with E-state index in [1.165, 1.54) is 19.2 Å². The first kappa shape index (κ1) is 19.4. The lowest BCUT2D eigenvalue weighted by molar-refractivity contribution is -0.385. The van der Waals surface area contributed by atoms with E-state index >= 15 is 0 Å². The highest BCUT2D eigenvalue weighted by atomic mass is 16.6. The van der Waals surface area contributed by atoms with Crippen molar-refractivity contribution in [3.63, 3.8) is 0 Å². The largest absolute Gasteiger partial charge is 0.493 e. The molecule has 0 radical (unpaired) electrons. The van der Waals surface area contributed by atoms with Crippen molar-refractivity contribution < 1.29 is 19.2 Å². The van der Waals surface area contributed by atoms with Gasteiger partial charge in [0, 0.05) is 19.2 Å². The molecule has 1 saturated heterocycles. The van der Waals surface area contributed by atoms with Gasteiger partial charge in [-0.3, -0.25) is 14.9 Å². The van der Waals surface area contributed by atoms with E-state index in [1.807, 2.05) is 6.07 Å². The molecule has 148 valence electrons. The van der Waals surface area contributed by atoms with Crippen LogP contribution in [0.4, 0.5) is 17.2 Å². The molecule has 1 N–H and O–H groups in total. The fourth-order valence-corrected chi connectivity index (χ4v) is 3.10. The van der Waals surface area contributed by atoms with Crippen LogP contribution in [0.1, 0.15) is 30.1 Å². The zero-order valence-corrected chi connectivity index (χ0v) is 15.8. The Balaban J connectivity index is 1.83. The highest BCUT2D eigenvalue weighted by Gasteiger charge is 2.25. The lowest BCUT2D eigenvalue weighted by Crippen LogP contribution is -2.19. The molecule has 1 amide bonds. The van der Waals surface area contributed by atoms with Gasteiger partial charge < -0.3 is 19.7 Å². The van der Waals surface area contributed by atoms with Gasteiger partial charge in [0.2, 0.25) is 0 Å². The number of benzene rings is 1. The second-order valence-electron chi connectivity index (χ2n) is 6.26. The minimum absolute atomic E-state index is 0.117. The molecule has 0 aliphatic carbocycles. The Morgan fingerprint density at radius 2 is 2.04 bits per heavy atom. The molecule has 28 heavy (non-hydrogen) atoms. The lowest BCUT2D eigenvalue weighted by Gasteiger charge is -2.16. The summed E-state index contributed by atoms with van der Waals surface area (Å²) in [5.74, 6) is 0.693. The number of pyridine rings is 1. The van der Waals surface area contributed by atoms with Gasteiger partial charge >= 0.3 is 0 Å². The van der Waals surface area contributed by atoms with E-state index in [9.17, 15) is 14.9 Å². The third kappa shape index (κ3) is 4.13. The monoisotopic (exact) mass is 386 g/mol. The first-order valence-electron chi connectivity index (χ1n) is 9.05. The molecule has 0 atom stereocenters. The van der Waals surface area contributed by atoms with Crippen LogP contribution in [0.15, 0.2) is 30.5 Å². The quantitative estimate of drug-likeness (QED) is 0.575. The maximum atomic E-state index is 12.7. The van der Waals surface area contributed by atoms with Gasteiger partial charge in [0.1, 0.15) is 11.4 Å². The summed E-state index contributed by atoms with van der Waals surface area (Å²) >= 11 is 0. The normalized spacial score (nSPS) is 13.3. The van der Waals surface area contributed by atoms with Crippen LogP contribution in [0.25, 0.3) is 0 Å². The number of amides is 1. The third-order valence-electron chi connectivity index (χ3n) is 4.46. The predicted octanol–water partition coefficient (Wildman–Crippen LogP) is 3.25. The molecule has 9 heteroatoms. The number of anilines is 2. The molecular weight excluding hydrogens is 364 g/mol. The van der Waals surface area contributed by atoms with Gasteiger partial charge in [0.25, 0.3) is 11.6 Å². The highest BCUT2D eigenvalue weighted by molar-refractivity contribution is 6.07. The molecule has 9 nitrogen and oxygen atoms in total. The molecule has 2 aromatic rings. The first-order valence-corrected chi connectivity index (χ1v) is 9.05. The number of nitrogens with one attached hydrogen (secondary N) is 1. The summed E-state index contributed by atoms with van der Waals surface area (Å²) in [6.45, 7) is 4.01. The summed E-state index contributed by atoms with van der Waals surface area (Å²) < 4.78 is 10.6. The van der Waals surface area contributed by atoms with Gasteiger partial charge in [-0.15, -0.1) is 0 Å². The fraction of sp³-hybridized carbons (Fsp3) is 0.368. The Hall–Kier alpha value is -3.36. The third-order valence-corrected chi connectivity index (χ3v) is 4.46. The number of carbonyl (C=O) groups is 1. The van der Waals surface area contributed by atoms with E-state index in [2.05, 4.69) is 15.2 Å².